The topological polar surface area (TPSA) is 66.8 Å². The van der Waals surface area contributed by atoms with Crippen LogP contribution in [0.2, 0.25) is 0 Å². The summed E-state index contributed by atoms with van der Waals surface area (Å²) in [5.74, 6) is -4.61. The molecule has 1 heterocycles. The lowest BCUT2D eigenvalue weighted by Gasteiger charge is -2.21. The molecule has 1 atom stereocenters. The fourth-order valence-corrected chi connectivity index (χ4v) is 1.50. The van der Waals surface area contributed by atoms with E-state index >= 15 is 0 Å². The molecule has 1 aliphatic rings. The summed E-state index contributed by atoms with van der Waals surface area (Å²) in [4.78, 5) is 22.6. The Morgan fingerprint density at radius 2 is 2.06 bits per heavy atom. The highest BCUT2D eigenvalue weighted by molar-refractivity contribution is 5.81. The van der Waals surface area contributed by atoms with Gasteiger partial charge < -0.3 is 9.84 Å². The number of hydrogen-bond donors (Lipinski definition) is 1. The molecular weight excluding hydrogens is 224 g/mol. The number of aliphatic carboxylic acids is 1. The third-order valence-electron chi connectivity index (χ3n) is 2.13. The van der Waals surface area contributed by atoms with E-state index in [1.807, 2.05) is 0 Å². The van der Waals surface area contributed by atoms with Crippen LogP contribution >= 0.6 is 0 Å². The van der Waals surface area contributed by atoms with Gasteiger partial charge in [-0.3, -0.25) is 4.90 Å². The number of likely N-dealkylation sites (tertiary alicyclic amines) is 1. The maximum atomic E-state index is 13.0. The van der Waals surface area contributed by atoms with Crippen molar-refractivity contribution in [3.63, 3.8) is 0 Å². The van der Waals surface area contributed by atoms with Crippen molar-refractivity contribution in [2.75, 3.05) is 6.54 Å². The molecule has 7 heteroatoms. The molecular formula is C9H13F2NO4. The number of carbonyl (C=O) groups excluding carboxylic acids is 1. The normalized spacial score (nSPS) is 23.6. The van der Waals surface area contributed by atoms with Crippen molar-refractivity contribution in [2.45, 2.75) is 38.3 Å². The first kappa shape index (κ1) is 12.7. The van der Waals surface area contributed by atoms with Gasteiger partial charge in [-0.1, -0.05) is 0 Å². The zero-order valence-corrected chi connectivity index (χ0v) is 8.94. The number of amides is 1. The summed E-state index contributed by atoms with van der Waals surface area (Å²) in [7, 11) is 0. The van der Waals surface area contributed by atoms with Crippen molar-refractivity contribution in [1.82, 2.24) is 4.90 Å². The van der Waals surface area contributed by atoms with Crippen LogP contribution in [0.15, 0.2) is 0 Å². The van der Waals surface area contributed by atoms with E-state index in [1.165, 1.54) is 0 Å². The maximum absolute atomic E-state index is 13.0. The average Bonchev–Trinajstić information content (AvgIpc) is 2.40. The van der Waals surface area contributed by atoms with Gasteiger partial charge in [0.1, 0.15) is 6.04 Å². The standard InChI is InChI=1S/C9H13F2NO4/c1-5(2)16-8(15)12-4-9(10,11)3-6(12)7(13)14/h5-6H,3-4H2,1-2H3,(H,13,14)/t6-/m0/s1. The number of hydrogen-bond acceptors (Lipinski definition) is 3. The van der Waals surface area contributed by atoms with E-state index in [4.69, 9.17) is 9.84 Å². The molecule has 1 aliphatic heterocycles. The van der Waals surface area contributed by atoms with E-state index in [0.717, 1.165) is 0 Å². The van der Waals surface area contributed by atoms with Gasteiger partial charge in [-0.15, -0.1) is 0 Å². The highest BCUT2D eigenvalue weighted by Gasteiger charge is 2.50. The van der Waals surface area contributed by atoms with Crippen LogP contribution in [0.5, 0.6) is 0 Å². The second-order valence-corrected chi connectivity index (χ2v) is 3.97. The van der Waals surface area contributed by atoms with Crippen LogP contribution in [0.25, 0.3) is 0 Å². The Kier molecular flexibility index (Phi) is 3.35. The number of alkyl halides is 2. The molecule has 1 N–H and O–H groups in total. The van der Waals surface area contributed by atoms with E-state index in [2.05, 4.69) is 0 Å². The first-order valence-corrected chi connectivity index (χ1v) is 4.81. The van der Waals surface area contributed by atoms with Crippen LogP contribution in [0.3, 0.4) is 0 Å². The van der Waals surface area contributed by atoms with Crippen molar-refractivity contribution in [1.29, 1.82) is 0 Å². The van der Waals surface area contributed by atoms with E-state index in [1.54, 1.807) is 13.8 Å². The van der Waals surface area contributed by atoms with E-state index in [0.29, 0.717) is 4.90 Å². The van der Waals surface area contributed by atoms with Gasteiger partial charge in [0, 0.05) is 6.42 Å². The van der Waals surface area contributed by atoms with Crippen LogP contribution in [0.4, 0.5) is 13.6 Å². The molecule has 0 aliphatic carbocycles. The molecule has 0 bridgehead atoms. The van der Waals surface area contributed by atoms with Gasteiger partial charge in [-0.2, -0.15) is 0 Å². The van der Waals surface area contributed by atoms with Crippen molar-refractivity contribution in [2.24, 2.45) is 0 Å². The van der Waals surface area contributed by atoms with E-state index in [-0.39, 0.29) is 0 Å². The Bertz CT molecular complexity index is 306. The van der Waals surface area contributed by atoms with Gasteiger partial charge in [0.15, 0.2) is 0 Å². The molecule has 0 spiro atoms. The number of carboxylic acids is 1. The fourth-order valence-electron chi connectivity index (χ4n) is 1.50. The van der Waals surface area contributed by atoms with Gasteiger partial charge in [-0.05, 0) is 13.8 Å². The first-order chi connectivity index (χ1) is 7.23. The first-order valence-electron chi connectivity index (χ1n) is 4.81. The predicted molar refractivity (Wildman–Crippen MR) is 49.3 cm³/mol. The molecule has 1 saturated heterocycles. The molecule has 0 aromatic rings. The summed E-state index contributed by atoms with van der Waals surface area (Å²) in [6.07, 6.45) is -2.36. The number of carbonyl (C=O) groups is 2. The Morgan fingerprint density at radius 3 is 2.50 bits per heavy atom. The maximum Gasteiger partial charge on any atom is 0.410 e. The Hall–Kier alpha value is -1.40. The summed E-state index contributed by atoms with van der Waals surface area (Å²) < 4.78 is 30.7. The number of carboxylic acid groups (broad SMARTS) is 1. The van der Waals surface area contributed by atoms with Crippen LogP contribution < -0.4 is 0 Å². The minimum Gasteiger partial charge on any atom is -0.480 e. The van der Waals surface area contributed by atoms with Gasteiger partial charge >= 0.3 is 12.1 Å². The molecule has 92 valence electrons. The Labute approximate surface area is 91.0 Å². The zero-order chi connectivity index (χ0) is 12.5. The minimum absolute atomic E-state index is 0.476. The van der Waals surface area contributed by atoms with Gasteiger partial charge in [0.25, 0.3) is 5.92 Å². The summed E-state index contributed by atoms with van der Waals surface area (Å²) in [6, 6.07) is -1.51. The lowest BCUT2D eigenvalue weighted by molar-refractivity contribution is -0.142. The fraction of sp³-hybridized carbons (Fsp3) is 0.778. The second kappa shape index (κ2) is 4.23. The molecule has 1 fully saturated rings. The third-order valence-corrected chi connectivity index (χ3v) is 2.13. The van der Waals surface area contributed by atoms with Gasteiger partial charge in [0.2, 0.25) is 0 Å². The second-order valence-electron chi connectivity index (χ2n) is 3.97. The van der Waals surface area contributed by atoms with Crippen molar-refractivity contribution in [3.05, 3.63) is 0 Å². The number of rotatable bonds is 2. The van der Waals surface area contributed by atoms with Gasteiger partial charge in [0.05, 0.1) is 12.6 Å². The van der Waals surface area contributed by atoms with Crippen molar-refractivity contribution < 1.29 is 28.2 Å². The summed E-state index contributed by atoms with van der Waals surface area (Å²) >= 11 is 0. The SMILES string of the molecule is CC(C)OC(=O)N1CC(F)(F)C[C@H]1C(=O)O. The largest absolute Gasteiger partial charge is 0.480 e. The molecule has 16 heavy (non-hydrogen) atoms. The van der Waals surface area contributed by atoms with Crippen LogP contribution in [-0.2, 0) is 9.53 Å². The monoisotopic (exact) mass is 237 g/mol. The summed E-state index contributed by atoms with van der Waals surface area (Å²) in [6.45, 7) is 2.21. The number of ether oxygens (including phenoxy) is 1. The Morgan fingerprint density at radius 1 is 1.50 bits per heavy atom. The van der Waals surface area contributed by atoms with E-state index in [9.17, 15) is 18.4 Å². The molecule has 0 aromatic carbocycles. The molecule has 0 unspecified atom stereocenters. The summed E-state index contributed by atoms with van der Waals surface area (Å²) in [5.41, 5.74) is 0. The zero-order valence-electron chi connectivity index (χ0n) is 8.94. The van der Waals surface area contributed by atoms with Crippen LogP contribution in [0.1, 0.15) is 20.3 Å². The van der Waals surface area contributed by atoms with E-state index < -0.39 is 43.1 Å². The number of halogens is 2. The summed E-state index contributed by atoms with van der Waals surface area (Å²) in [5, 5.41) is 8.72. The molecule has 1 rings (SSSR count). The minimum atomic E-state index is -3.17. The quantitative estimate of drug-likeness (QED) is 0.786. The molecule has 0 radical (unpaired) electrons. The third kappa shape index (κ3) is 2.80. The van der Waals surface area contributed by atoms with Gasteiger partial charge in [-0.25, -0.2) is 18.4 Å². The number of nitrogens with zero attached hydrogens (tertiary/aromatic N) is 1. The highest BCUT2D eigenvalue weighted by atomic mass is 19.3. The lowest BCUT2D eigenvalue weighted by atomic mass is 10.2. The molecule has 0 aromatic heterocycles. The van der Waals surface area contributed by atoms with Crippen LogP contribution in [0, 0.1) is 0 Å². The highest BCUT2D eigenvalue weighted by Crippen LogP contribution is 2.32. The van der Waals surface area contributed by atoms with Crippen molar-refractivity contribution >= 4 is 12.1 Å². The molecule has 1 amide bonds. The lowest BCUT2D eigenvalue weighted by Crippen LogP contribution is -2.41. The molecule has 0 saturated carbocycles. The predicted octanol–water partition coefficient (Wildman–Crippen LogP) is 1.33. The molecule has 5 nitrogen and oxygen atoms in total. The van der Waals surface area contributed by atoms with Crippen LogP contribution in [-0.4, -0.2) is 46.7 Å². The smallest absolute Gasteiger partial charge is 0.410 e. The Balaban J connectivity index is 2.77. The average molecular weight is 237 g/mol. The van der Waals surface area contributed by atoms with Crippen molar-refractivity contribution in [3.8, 4) is 0 Å².